The van der Waals surface area contributed by atoms with E-state index in [1.807, 2.05) is 13.8 Å². The van der Waals surface area contributed by atoms with Gasteiger partial charge in [-0.25, -0.2) is 4.79 Å². The topological polar surface area (TPSA) is 35.5 Å². The van der Waals surface area contributed by atoms with E-state index in [0.29, 0.717) is 6.61 Å². The van der Waals surface area contributed by atoms with Crippen molar-refractivity contribution in [3.05, 3.63) is 23.3 Å². The third kappa shape index (κ3) is 4.48. The predicted molar refractivity (Wildman–Crippen MR) is 122 cm³/mol. The molecular weight excluding hydrogens is 364 g/mol. The van der Waals surface area contributed by atoms with Gasteiger partial charge in [0.25, 0.3) is 0 Å². The number of hydrogen-bond acceptors (Lipinski definition) is 3. The molecule has 28 heavy (non-hydrogen) atoms. The van der Waals surface area contributed by atoms with E-state index in [4.69, 9.17) is 9.16 Å². The number of rotatable bonds is 5. The molecule has 0 aromatic carbocycles. The quantitative estimate of drug-likeness (QED) is 0.207. The number of allylic oxidation sites excluding steroid dienone is 1. The summed E-state index contributed by atoms with van der Waals surface area (Å²) < 4.78 is 12.6. The Morgan fingerprint density at radius 1 is 1.00 bits per heavy atom. The van der Waals surface area contributed by atoms with Crippen LogP contribution in [0.4, 0.5) is 0 Å². The number of esters is 1. The lowest BCUT2D eigenvalue weighted by Gasteiger charge is -2.62. The molecule has 1 saturated carbocycles. The van der Waals surface area contributed by atoms with E-state index in [0.717, 1.165) is 24.0 Å². The Bertz CT molecular complexity index is 592. The number of carbonyl (C=O) groups excluding carboxylic acids is 1. The van der Waals surface area contributed by atoms with Crippen LogP contribution in [-0.4, -0.2) is 26.5 Å². The van der Waals surface area contributed by atoms with Crippen molar-refractivity contribution in [2.75, 3.05) is 6.61 Å². The molecule has 3 nitrogen and oxygen atoms in total. The molecule has 1 rings (SSSR count). The Kier molecular flexibility index (Phi) is 7.28. The Morgan fingerprint density at radius 2 is 1.43 bits per heavy atom. The minimum Gasteiger partial charge on any atom is -0.463 e. The van der Waals surface area contributed by atoms with Crippen LogP contribution in [0.5, 0.6) is 0 Å². The molecule has 4 heteroatoms. The first-order chi connectivity index (χ1) is 12.5. The van der Waals surface area contributed by atoms with Crippen LogP contribution in [-0.2, 0) is 14.0 Å². The molecule has 0 radical (unpaired) electrons. The fraction of sp³-hybridized carbons (Fsp3) is 0.792. The van der Waals surface area contributed by atoms with Gasteiger partial charge in [-0.15, -0.1) is 0 Å². The van der Waals surface area contributed by atoms with Crippen molar-refractivity contribution in [1.29, 1.82) is 0 Å². The molecule has 0 amide bonds. The summed E-state index contributed by atoms with van der Waals surface area (Å²) in [6.45, 7) is 27.3. The first kappa shape index (κ1) is 25.2. The summed E-state index contributed by atoms with van der Waals surface area (Å²) in [6, 6.07) is 0. The summed E-state index contributed by atoms with van der Waals surface area (Å²) in [5.41, 5.74) is 1.59. The molecule has 0 atom stereocenters. The van der Waals surface area contributed by atoms with Gasteiger partial charge < -0.3 is 9.16 Å². The van der Waals surface area contributed by atoms with Gasteiger partial charge in [-0.3, -0.25) is 0 Å². The Balaban J connectivity index is 3.44. The summed E-state index contributed by atoms with van der Waals surface area (Å²) in [7, 11) is -2.34. The van der Waals surface area contributed by atoms with Gasteiger partial charge in [0.1, 0.15) is 0 Å². The average Bonchev–Trinajstić information content (AvgIpc) is 2.44. The van der Waals surface area contributed by atoms with E-state index in [1.165, 1.54) is 0 Å². The fourth-order valence-electron chi connectivity index (χ4n) is 5.99. The van der Waals surface area contributed by atoms with Crippen LogP contribution in [0.3, 0.4) is 0 Å². The maximum Gasteiger partial charge on any atom is 0.333 e. The normalized spacial score (nSPS) is 21.6. The molecule has 0 aliphatic heterocycles. The molecule has 0 heterocycles. The van der Waals surface area contributed by atoms with Gasteiger partial charge in [-0.05, 0) is 35.9 Å². The maximum absolute atomic E-state index is 12.2. The van der Waals surface area contributed by atoms with Gasteiger partial charge in [0.15, 0.2) is 0 Å². The first-order valence-electron chi connectivity index (χ1n) is 10.7. The Hall–Kier alpha value is -0.873. The highest BCUT2D eigenvalue weighted by Crippen LogP contribution is 2.65. The summed E-state index contributed by atoms with van der Waals surface area (Å²) in [4.78, 5) is 12.2. The van der Waals surface area contributed by atoms with E-state index in [-0.39, 0.29) is 26.7 Å². The van der Waals surface area contributed by atoms with Crippen LogP contribution in [0.25, 0.3) is 0 Å². The summed E-state index contributed by atoms with van der Waals surface area (Å²) in [5, 5.41) is 0.190. The van der Waals surface area contributed by atoms with E-state index < -0.39 is 8.32 Å². The highest BCUT2D eigenvalue weighted by Gasteiger charge is 2.65. The van der Waals surface area contributed by atoms with Crippen LogP contribution in [0.1, 0.15) is 95.9 Å². The maximum atomic E-state index is 12.2. The SMILES string of the molecule is C/C=C/C1(O[Si](C(C)(C)C)(C(C)(C)C)C(C)(C)C)CC(=C(C)C(=O)OCC)C1. The predicted octanol–water partition coefficient (Wildman–Crippen LogP) is 7.34. The van der Waals surface area contributed by atoms with Crippen molar-refractivity contribution in [2.45, 2.75) is 117 Å². The van der Waals surface area contributed by atoms with Gasteiger partial charge >= 0.3 is 5.97 Å². The lowest BCUT2D eigenvalue weighted by molar-refractivity contribution is -0.138. The zero-order valence-corrected chi connectivity index (χ0v) is 21.5. The van der Waals surface area contributed by atoms with Crippen LogP contribution < -0.4 is 0 Å². The van der Waals surface area contributed by atoms with Crippen LogP contribution in [0, 0.1) is 0 Å². The highest BCUT2D eigenvalue weighted by atomic mass is 28.4. The molecule has 0 aromatic heterocycles. The minimum absolute atomic E-state index is 0.0632. The van der Waals surface area contributed by atoms with Crippen LogP contribution >= 0.6 is 0 Å². The van der Waals surface area contributed by atoms with E-state index in [9.17, 15) is 4.79 Å². The molecule has 1 aliphatic rings. The lowest BCUT2D eigenvalue weighted by atomic mass is 9.73. The molecule has 0 aromatic rings. The number of ether oxygens (including phenoxy) is 1. The molecule has 162 valence electrons. The van der Waals surface area contributed by atoms with Gasteiger partial charge in [-0.1, -0.05) is 80.0 Å². The Labute approximate surface area is 175 Å². The van der Waals surface area contributed by atoms with Crippen LogP contribution in [0.15, 0.2) is 23.3 Å². The van der Waals surface area contributed by atoms with Crippen LogP contribution in [0.2, 0.25) is 15.1 Å². The third-order valence-electron chi connectivity index (χ3n) is 6.13. The summed E-state index contributed by atoms with van der Waals surface area (Å²) in [5.74, 6) is -0.197. The second-order valence-electron chi connectivity index (χ2n) is 11.4. The summed E-state index contributed by atoms with van der Waals surface area (Å²) >= 11 is 0. The van der Waals surface area contributed by atoms with Gasteiger partial charge in [0.2, 0.25) is 8.32 Å². The molecule has 0 saturated heterocycles. The smallest absolute Gasteiger partial charge is 0.333 e. The molecule has 1 fully saturated rings. The standard InChI is InChI=1S/C24H44O3Si/c1-13-15-24(16-19(17-24)18(3)20(25)26-14-2)27-28(21(4,5)6,22(7,8)9)23(10,11)12/h13,15H,14,16-17H2,1-12H3/b15-13+,19-18?. The van der Waals surface area contributed by atoms with Gasteiger partial charge in [-0.2, -0.15) is 0 Å². The molecule has 0 unspecified atom stereocenters. The zero-order chi connectivity index (χ0) is 22.2. The van der Waals surface area contributed by atoms with Crippen molar-refractivity contribution in [3.8, 4) is 0 Å². The minimum atomic E-state index is -2.34. The van der Waals surface area contributed by atoms with E-state index in [2.05, 4.69) is 81.4 Å². The fourth-order valence-corrected chi connectivity index (χ4v) is 14.5. The molecule has 0 N–H and O–H groups in total. The molecule has 0 bridgehead atoms. The second kappa shape index (κ2) is 8.10. The van der Waals surface area contributed by atoms with Gasteiger partial charge in [0.05, 0.1) is 12.2 Å². The van der Waals surface area contributed by atoms with Gasteiger partial charge in [0, 0.05) is 18.4 Å². The van der Waals surface area contributed by atoms with Crippen molar-refractivity contribution >= 4 is 14.3 Å². The van der Waals surface area contributed by atoms with Crippen molar-refractivity contribution in [1.82, 2.24) is 0 Å². The van der Waals surface area contributed by atoms with Crippen molar-refractivity contribution < 1.29 is 14.0 Å². The van der Waals surface area contributed by atoms with E-state index in [1.54, 1.807) is 0 Å². The summed E-state index contributed by atoms with van der Waals surface area (Å²) in [6.07, 6.45) is 5.88. The monoisotopic (exact) mass is 408 g/mol. The van der Waals surface area contributed by atoms with E-state index >= 15 is 0 Å². The largest absolute Gasteiger partial charge is 0.463 e. The zero-order valence-electron chi connectivity index (χ0n) is 20.5. The third-order valence-corrected chi connectivity index (χ3v) is 13.2. The first-order valence-corrected chi connectivity index (χ1v) is 12.6. The molecule has 0 spiro atoms. The van der Waals surface area contributed by atoms with Crippen molar-refractivity contribution in [2.24, 2.45) is 0 Å². The number of hydrogen-bond donors (Lipinski definition) is 0. The molecule has 1 aliphatic carbocycles. The highest BCUT2D eigenvalue weighted by molar-refractivity contribution is 6.82. The number of carbonyl (C=O) groups is 1. The lowest BCUT2D eigenvalue weighted by Crippen LogP contribution is -2.65. The molecular formula is C24H44O3Si. The van der Waals surface area contributed by atoms with Crippen molar-refractivity contribution in [3.63, 3.8) is 0 Å². The second-order valence-corrected chi connectivity index (χ2v) is 17.5. The average molecular weight is 409 g/mol. The Morgan fingerprint density at radius 3 is 1.75 bits per heavy atom.